The molecule has 2 fully saturated rings. The van der Waals surface area contributed by atoms with Gasteiger partial charge in [0, 0.05) is 18.7 Å². The standard InChI is InChI=1S/C13H25NOS.ClH/c1-11(4-5-13-3-2-8-15-13)14-12-6-9-16-10-7-12;/h11-14H,2-10H2,1H3;1H. The lowest BCUT2D eigenvalue weighted by Crippen LogP contribution is -2.39. The number of thioether (sulfide) groups is 1. The van der Waals surface area contributed by atoms with Gasteiger partial charge in [0.1, 0.15) is 0 Å². The fourth-order valence-electron chi connectivity index (χ4n) is 2.66. The van der Waals surface area contributed by atoms with Gasteiger partial charge in [-0.15, -0.1) is 12.4 Å². The highest BCUT2D eigenvalue weighted by Gasteiger charge is 2.19. The Labute approximate surface area is 116 Å². The van der Waals surface area contributed by atoms with Crippen molar-refractivity contribution in [2.45, 2.75) is 63.6 Å². The highest BCUT2D eigenvalue weighted by Crippen LogP contribution is 2.20. The molecule has 0 bridgehead atoms. The summed E-state index contributed by atoms with van der Waals surface area (Å²) in [6, 6.07) is 1.44. The minimum atomic E-state index is 0. The summed E-state index contributed by atoms with van der Waals surface area (Å²) in [4.78, 5) is 0. The lowest BCUT2D eigenvalue weighted by molar-refractivity contribution is 0.0996. The average molecular weight is 280 g/mol. The molecule has 0 radical (unpaired) electrons. The van der Waals surface area contributed by atoms with Gasteiger partial charge in [0.15, 0.2) is 0 Å². The van der Waals surface area contributed by atoms with E-state index in [2.05, 4.69) is 24.0 Å². The van der Waals surface area contributed by atoms with Crippen LogP contribution in [0.4, 0.5) is 0 Å². The van der Waals surface area contributed by atoms with Crippen molar-refractivity contribution in [3.63, 3.8) is 0 Å². The molecule has 0 spiro atoms. The molecule has 2 rings (SSSR count). The first-order valence-electron chi connectivity index (χ1n) is 6.80. The summed E-state index contributed by atoms with van der Waals surface area (Å²) in [5, 5.41) is 3.77. The SMILES string of the molecule is CC(CCC1CCCO1)NC1CCSCC1.Cl. The monoisotopic (exact) mass is 279 g/mol. The van der Waals surface area contributed by atoms with Gasteiger partial charge in [-0.2, -0.15) is 11.8 Å². The van der Waals surface area contributed by atoms with Crippen LogP contribution in [0.1, 0.15) is 45.4 Å². The first-order chi connectivity index (χ1) is 7.84. The summed E-state index contributed by atoms with van der Waals surface area (Å²) in [5.74, 6) is 2.69. The van der Waals surface area contributed by atoms with Gasteiger partial charge in [-0.3, -0.25) is 0 Å². The molecular formula is C13H26ClNOS. The summed E-state index contributed by atoms with van der Waals surface area (Å²) in [7, 11) is 0. The molecule has 0 amide bonds. The quantitative estimate of drug-likeness (QED) is 0.835. The van der Waals surface area contributed by atoms with Crippen LogP contribution in [0.5, 0.6) is 0 Å². The Kier molecular flexibility index (Phi) is 7.92. The molecule has 1 N–H and O–H groups in total. The Morgan fingerprint density at radius 2 is 2.06 bits per heavy atom. The Morgan fingerprint density at radius 3 is 2.71 bits per heavy atom. The number of halogens is 1. The minimum absolute atomic E-state index is 0. The maximum atomic E-state index is 5.66. The van der Waals surface area contributed by atoms with E-state index in [4.69, 9.17) is 4.74 Å². The largest absolute Gasteiger partial charge is 0.378 e. The third-order valence-corrected chi connectivity index (χ3v) is 4.74. The highest BCUT2D eigenvalue weighted by molar-refractivity contribution is 7.99. The van der Waals surface area contributed by atoms with E-state index in [9.17, 15) is 0 Å². The van der Waals surface area contributed by atoms with E-state index in [-0.39, 0.29) is 12.4 Å². The van der Waals surface area contributed by atoms with Crippen LogP contribution in [0.15, 0.2) is 0 Å². The second-order valence-corrected chi connectivity index (χ2v) is 6.39. The Hall–Kier alpha value is 0.560. The predicted octanol–water partition coefficient (Wildman–Crippen LogP) is 3.24. The Bertz CT molecular complexity index is 194. The molecule has 0 aromatic carbocycles. The van der Waals surface area contributed by atoms with Crippen molar-refractivity contribution in [2.75, 3.05) is 18.1 Å². The van der Waals surface area contributed by atoms with Crippen molar-refractivity contribution in [2.24, 2.45) is 0 Å². The average Bonchev–Trinajstić information content (AvgIpc) is 2.81. The molecule has 2 nitrogen and oxygen atoms in total. The lowest BCUT2D eigenvalue weighted by atomic mass is 10.0. The first kappa shape index (κ1) is 15.6. The molecule has 0 aromatic heterocycles. The van der Waals surface area contributed by atoms with Crippen LogP contribution in [-0.2, 0) is 4.74 Å². The second kappa shape index (κ2) is 8.63. The first-order valence-corrected chi connectivity index (χ1v) is 7.95. The van der Waals surface area contributed by atoms with Crippen LogP contribution in [0.2, 0.25) is 0 Å². The zero-order valence-corrected chi connectivity index (χ0v) is 12.5. The Balaban J connectivity index is 0.00000144. The molecule has 17 heavy (non-hydrogen) atoms. The summed E-state index contributed by atoms with van der Waals surface area (Å²) >= 11 is 2.10. The summed E-state index contributed by atoms with van der Waals surface area (Å²) in [6.45, 7) is 3.32. The van der Waals surface area contributed by atoms with E-state index in [0.717, 1.165) is 12.6 Å². The third kappa shape index (κ3) is 5.82. The highest BCUT2D eigenvalue weighted by atomic mass is 35.5. The van der Waals surface area contributed by atoms with Crippen LogP contribution < -0.4 is 5.32 Å². The molecule has 0 aromatic rings. The van der Waals surface area contributed by atoms with Crippen LogP contribution in [0.3, 0.4) is 0 Å². The zero-order chi connectivity index (χ0) is 11.2. The van der Waals surface area contributed by atoms with Gasteiger partial charge in [0.05, 0.1) is 6.10 Å². The molecule has 102 valence electrons. The summed E-state index contributed by atoms with van der Waals surface area (Å²) in [5.41, 5.74) is 0. The van der Waals surface area contributed by atoms with Gasteiger partial charge < -0.3 is 10.1 Å². The zero-order valence-electron chi connectivity index (χ0n) is 10.8. The molecule has 4 heteroatoms. The van der Waals surface area contributed by atoms with Crippen molar-refractivity contribution in [1.82, 2.24) is 5.32 Å². The predicted molar refractivity (Wildman–Crippen MR) is 78.4 cm³/mol. The van der Waals surface area contributed by atoms with Crippen molar-refractivity contribution >= 4 is 24.2 Å². The van der Waals surface area contributed by atoms with Crippen LogP contribution in [0.25, 0.3) is 0 Å². The molecule has 2 aliphatic heterocycles. The van der Waals surface area contributed by atoms with Crippen molar-refractivity contribution < 1.29 is 4.74 Å². The molecule has 2 unspecified atom stereocenters. The lowest BCUT2D eigenvalue weighted by Gasteiger charge is -2.26. The third-order valence-electron chi connectivity index (χ3n) is 3.69. The van der Waals surface area contributed by atoms with E-state index in [1.165, 1.54) is 50.0 Å². The molecule has 0 aliphatic carbocycles. The topological polar surface area (TPSA) is 21.3 Å². The maximum Gasteiger partial charge on any atom is 0.0576 e. The number of hydrogen-bond donors (Lipinski definition) is 1. The van der Waals surface area contributed by atoms with Crippen molar-refractivity contribution in [3.8, 4) is 0 Å². The van der Waals surface area contributed by atoms with Gasteiger partial charge >= 0.3 is 0 Å². The molecule has 2 saturated heterocycles. The summed E-state index contributed by atoms with van der Waals surface area (Å²) < 4.78 is 5.66. The molecular weight excluding hydrogens is 254 g/mol. The van der Waals surface area contributed by atoms with Crippen molar-refractivity contribution in [1.29, 1.82) is 0 Å². The van der Waals surface area contributed by atoms with E-state index in [1.807, 2.05) is 0 Å². The van der Waals surface area contributed by atoms with E-state index in [0.29, 0.717) is 12.1 Å². The van der Waals surface area contributed by atoms with Gasteiger partial charge in [-0.05, 0) is 57.0 Å². The van der Waals surface area contributed by atoms with Gasteiger partial charge in [0.25, 0.3) is 0 Å². The van der Waals surface area contributed by atoms with E-state index >= 15 is 0 Å². The fourth-order valence-corrected chi connectivity index (χ4v) is 3.76. The smallest absolute Gasteiger partial charge is 0.0576 e. The van der Waals surface area contributed by atoms with Gasteiger partial charge in [-0.25, -0.2) is 0 Å². The Morgan fingerprint density at radius 1 is 1.29 bits per heavy atom. The minimum Gasteiger partial charge on any atom is -0.378 e. The number of rotatable bonds is 5. The van der Waals surface area contributed by atoms with E-state index < -0.39 is 0 Å². The fraction of sp³-hybridized carbons (Fsp3) is 1.00. The van der Waals surface area contributed by atoms with Crippen LogP contribution >= 0.6 is 24.2 Å². The molecule has 0 saturated carbocycles. The summed E-state index contributed by atoms with van der Waals surface area (Å²) in [6.07, 6.45) is 8.35. The normalized spacial score (nSPS) is 27.7. The van der Waals surface area contributed by atoms with Gasteiger partial charge in [-0.1, -0.05) is 0 Å². The van der Waals surface area contributed by atoms with Crippen LogP contribution in [0, 0.1) is 0 Å². The molecule has 2 atom stereocenters. The second-order valence-electron chi connectivity index (χ2n) is 5.17. The number of hydrogen-bond acceptors (Lipinski definition) is 3. The van der Waals surface area contributed by atoms with Crippen LogP contribution in [-0.4, -0.2) is 36.3 Å². The molecule has 2 aliphatic rings. The number of nitrogens with one attached hydrogen (secondary N) is 1. The molecule has 2 heterocycles. The van der Waals surface area contributed by atoms with Gasteiger partial charge in [0.2, 0.25) is 0 Å². The van der Waals surface area contributed by atoms with Crippen molar-refractivity contribution in [3.05, 3.63) is 0 Å². The van der Waals surface area contributed by atoms with E-state index in [1.54, 1.807) is 0 Å². The number of ether oxygens (including phenoxy) is 1. The maximum absolute atomic E-state index is 5.66.